The predicted octanol–water partition coefficient (Wildman–Crippen LogP) is 1.25. The number of piperidine rings is 1. The highest BCUT2D eigenvalue weighted by atomic mass is 16.2. The summed E-state index contributed by atoms with van der Waals surface area (Å²) in [4.78, 5) is 14.7. The number of aromatic nitrogens is 8. The van der Waals surface area contributed by atoms with E-state index < -0.39 is 0 Å². The van der Waals surface area contributed by atoms with E-state index in [0.717, 1.165) is 18.5 Å². The summed E-state index contributed by atoms with van der Waals surface area (Å²) in [6.07, 6.45) is 4.77. The molecule has 4 rings (SSSR count). The third kappa shape index (κ3) is 2.98. The van der Waals surface area contributed by atoms with Crippen LogP contribution >= 0.6 is 0 Å². The van der Waals surface area contributed by atoms with Gasteiger partial charge >= 0.3 is 0 Å². The lowest BCUT2D eigenvalue weighted by Crippen LogP contribution is -2.38. The first-order valence-corrected chi connectivity index (χ1v) is 8.74. The van der Waals surface area contributed by atoms with E-state index >= 15 is 0 Å². The fraction of sp³-hybridized carbons (Fsp3) is 0.500. The summed E-state index contributed by atoms with van der Waals surface area (Å²) < 4.78 is 1.41. The minimum Gasteiger partial charge on any atom is -0.338 e. The van der Waals surface area contributed by atoms with Crippen LogP contribution in [0.15, 0.2) is 18.6 Å². The molecule has 0 spiro atoms. The summed E-state index contributed by atoms with van der Waals surface area (Å²) in [6.45, 7) is 5.66. The Morgan fingerprint density at radius 2 is 2.08 bits per heavy atom. The van der Waals surface area contributed by atoms with Gasteiger partial charge in [-0.1, -0.05) is 13.8 Å². The van der Waals surface area contributed by atoms with E-state index in [1.165, 1.54) is 22.9 Å². The molecular formula is C16H21N9O. The van der Waals surface area contributed by atoms with Crippen molar-refractivity contribution >= 4 is 5.91 Å². The summed E-state index contributed by atoms with van der Waals surface area (Å²) >= 11 is 0. The van der Waals surface area contributed by atoms with Crippen LogP contribution in [0, 0.1) is 0 Å². The van der Waals surface area contributed by atoms with E-state index in [0.29, 0.717) is 36.3 Å². The maximum absolute atomic E-state index is 12.9. The van der Waals surface area contributed by atoms with Crippen LogP contribution in [-0.4, -0.2) is 64.5 Å². The lowest BCUT2D eigenvalue weighted by molar-refractivity contribution is 0.0712. The monoisotopic (exact) mass is 355 g/mol. The van der Waals surface area contributed by atoms with Gasteiger partial charge < -0.3 is 4.90 Å². The third-order valence-electron chi connectivity index (χ3n) is 4.86. The molecule has 10 nitrogen and oxygen atoms in total. The number of likely N-dealkylation sites (tertiary alicyclic amines) is 1. The number of hydrogen-bond acceptors (Lipinski definition) is 6. The SMILES string of the molecule is CC(C)c1cc(C2CCN(C(=O)c3cn[nH]c3-n3cnnn3)CC2)[nH]n1. The molecule has 3 aromatic rings. The molecule has 0 atom stereocenters. The molecule has 1 aliphatic rings. The summed E-state index contributed by atoms with van der Waals surface area (Å²) in [6, 6.07) is 2.15. The Kier molecular flexibility index (Phi) is 4.23. The molecule has 10 heteroatoms. The predicted molar refractivity (Wildman–Crippen MR) is 91.9 cm³/mol. The standard InChI is InChI=1S/C16H21N9O/c1-10(2)13-7-14(20-19-13)11-3-5-24(6-4-11)16(26)12-8-17-21-15(12)25-9-18-22-23-25/h7-11H,3-6H2,1-2H3,(H,17,21)(H,19,20). The zero-order valence-electron chi connectivity index (χ0n) is 14.8. The molecule has 1 saturated heterocycles. The highest BCUT2D eigenvalue weighted by molar-refractivity contribution is 5.97. The van der Waals surface area contributed by atoms with E-state index in [-0.39, 0.29) is 5.91 Å². The van der Waals surface area contributed by atoms with Crippen LogP contribution in [0.3, 0.4) is 0 Å². The third-order valence-corrected chi connectivity index (χ3v) is 4.86. The number of rotatable bonds is 4. The average molecular weight is 355 g/mol. The number of carbonyl (C=O) groups is 1. The minimum atomic E-state index is -0.0600. The number of tetrazole rings is 1. The molecule has 0 bridgehead atoms. The van der Waals surface area contributed by atoms with Crippen molar-refractivity contribution in [3.63, 3.8) is 0 Å². The first-order chi connectivity index (χ1) is 12.6. The Bertz CT molecular complexity index is 871. The second-order valence-electron chi connectivity index (χ2n) is 6.86. The van der Waals surface area contributed by atoms with Crippen molar-refractivity contribution < 1.29 is 4.79 Å². The summed E-state index contributed by atoms with van der Waals surface area (Å²) in [7, 11) is 0. The zero-order valence-corrected chi connectivity index (χ0v) is 14.8. The van der Waals surface area contributed by atoms with Crippen LogP contribution in [-0.2, 0) is 0 Å². The van der Waals surface area contributed by atoms with E-state index in [1.807, 2.05) is 4.90 Å². The molecule has 4 heterocycles. The van der Waals surface area contributed by atoms with Crippen molar-refractivity contribution in [1.82, 2.24) is 45.5 Å². The quantitative estimate of drug-likeness (QED) is 0.726. The summed E-state index contributed by atoms with van der Waals surface area (Å²) in [5.41, 5.74) is 2.72. The number of carbonyl (C=O) groups excluding carboxylic acids is 1. The molecule has 0 saturated carbocycles. The first kappa shape index (κ1) is 16.4. The molecule has 1 aliphatic heterocycles. The fourth-order valence-corrected chi connectivity index (χ4v) is 3.30. The van der Waals surface area contributed by atoms with Gasteiger partial charge in [-0.05, 0) is 35.3 Å². The summed E-state index contributed by atoms with van der Waals surface area (Å²) in [5.74, 6) is 1.24. The lowest BCUT2D eigenvalue weighted by Gasteiger charge is -2.31. The molecule has 1 amide bonds. The van der Waals surface area contributed by atoms with Crippen LogP contribution in [0.2, 0.25) is 0 Å². The van der Waals surface area contributed by atoms with Crippen LogP contribution in [0.1, 0.15) is 60.3 Å². The van der Waals surface area contributed by atoms with E-state index in [1.54, 1.807) is 0 Å². The molecule has 3 aromatic heterocycles. The summed E-state index contributed by atoms with van der Waals surface area (Å²) in [5, 5.41) is 25.3. The van der Waals surface area contributed by atoms with Crippen molar-refractivity contribution in [2.24, 2.45) is 0 Å². The second kappa shape index (κ2) is 6.70. The Labute approximate surface area is 150 Å². The van der Waals surface area contributed by atoms with Crippen molar-refractivity contribution in [2.45, 2.75) is 38.5 Å². The average Bonchev–Trinajstić information content (AvgIpc) is 3.41. The smallest absolute Gasteiger partial charge is 0.259 e. The van der Waals surface area contributed by atoms with E-state index in [2.05, 4.69) is 55.8 Å². The second-order valence-corrected chi connectivity index (χ2v) is 6.86. The normalized spacial score (nSPS) is 15.7. The molecule has 0 radical (unpaired) electrons. The van der Waals surface area contributed by atoms with Gasteiger partial charge in [0.1, 0.15) is 11.9 Å². The molecule has 0 unspecified atom stereocenters. The Morgan fingerprint density at radius 3 is 2.73 bits per heavy atom. The number of hydrogen-bond donors (Lipinski definition) is 2. The topological polar surface area (TPSA) is 121 Å². The number of nitrogens with zero attached hydrogens (tertiary/aromatic N) is 7. The largest absolute Gasteiger partial charge is 0.338 e. The van der Waals surface area contributed by atoms with Gasteiger partial charge in [0.05, 0.1) is 11.9 Å². The van der Waals surface area contributed by atoms with Crippen LogP contribution < -0.4 is 0 Å². The van der Waals surface area contributed by atoms with Gasteiger partial charge in [-0.3, -0.25) is 15.0 Å². The Hall–Kier alpha value is -3.04. The molecule has 2 N–H and O–H groups in total. The molecule has 26 heavy (non-hydrogen) atoms. The Balaban J connectivity index is 1.43. The highest BCUT2D eigenvalue weighted by Gasteiger charge is 2.28. The van der Waals surface area contributed by atoms with Gasteiger partial charge in [0.2, 0.25) is 0 Å². The van der Waals surface area contributed by atoms with E-state index in [4.69, 9.17) is 0 Å². The van der Waals surface area contributed by atoms with Crippen LogP contribution in [0.5, 0.6) is 0 Å². The zero-order chi connectivity index (χ0) is 18.1. The first-order valence-electron chi connectivity index (χ1n) is 8.74. The number of aromatic amines is 2. The van der Waals surface area contributed by atoms with Gasteiger partial charge in [-0.15, -0.1) is 5.10 Å². The maximum Gasteiger partial charge on any atom is 0.259 e. The number of H-pyrrole nitrogens is 2. The van der Waals surface area contributed by atoms with Gasteiger partial charge in [-0.25, -0.2) is 0 Å². The van der Waals surface area contributed by atoms with Gasteiger partial charge in [0.25, 0.3) is 5.91 Å². The lowest BCUT2D eigenvalue weighted by atomic mass is 9.92. The van der Waals surface area contributed by atoms with Gasteiger partial charge in [0, 0.05) is 24.7 Å². The number of nitrogens with one attached hydrogen (secondary N) is 2. The minimum absolute atomic E-state index is 0.0600. The van der Waals surface area contributed by atoms with Crippen molar-refractivity contribution in [3.05, 3.63) is 35.5 Å². The molecule has 0 aromatic carbocycles. The molecule has 136 valence electrons. The van der Waals surface area contributed by atoms with Crippen LogP contribution in [0.25, 0.3) is 5.82 Å². The van der Waals surface area contributed by atoms with Crippen molar-refractivity contribution in [2.75, 3.05) is 13.1 Å². The Morgan fingerprint density at radius 1 is 1.27 bits per heavy atom. The fourth-order valence-electron chi connectivity index (χ4n) is 3.30. The van der Waals surface area contributed by atoms with E-state index in [9.17, 15) is 4.79 Å². The van der Waals surface area contributed by atoms with Crippen molar-refractivity contribution in [3.8, 4) is 5.82 Å². The van der Waals surface area contributed by atoms with Crippen LogP contribution in [0.4, 0.5) is 0 Å². The highest BCUT2D eigenvalue weighted by Crippen LogP contribution is 2.29. The molecule has 1 fully saturated rings. The maximum atomic E-state index is 12.9. The van der Waals surface area contributed by atoms with Gasteiger partial charge in [-0.2, -0.15) is 14.9 Å². The van der Waals surface area contributed by atoms with Crippen molar-refractivity contribution in [1.29, 1.82) is 0 Å². The van der Waals surface area contributed by atoms with Gasteiger partial charge in [0.15, 0.2) is 5.82 Å². The number of amides is 1. The molecule has 0 aliphatic carbocycles. The molecular weight excluding hydrogens is 334 g/mol.